The van der Waals surface area contributed by atoms with Crippen LogP contribution in [-0.2, 0) is 17.9 Å². The van der Waals surface area contributed by atoms with Crippen molar-refractivity contribution in [3.05, 3.63) is 52.3 Å². The van der Waals surface area contributed by atoms with Gasteiger partial charge in [0.25, 0.3) is 0 Å². The molecule has 0 saturated carbocycles. The van der Waals surface area contributed by atoms with Crippen LogP contribution in [0.3, 0.4) is 0 Å². The molecule has 4 rings (SSSR count). The quantitative estimate of drug-likeness (QED) is 0.465. The molecule has 0 aliphatic carbocycles. The number of aromatic nitrogens is 3. The van der Waals surface area contributed by atoms with Gasteiger partial charge < -0.3 is 14.2 Å². The Morgan fingerprint density at radius 2 is 2.07 bits per heavy atom. The highest BCUT2D eigenvalue weighted by molar-refractivity contribution is 5.94. The first-order valence-corrected chi connectivity index (χ1v) is 8.95. The van der Waals surface area contributed by atoms with Gasteiger partial charge in [-0.1, -0.05) is 5.16 Å². The summed E-state index contributed by atoms with van der Waals surface area (Å²) in [6.45, 7) is 3.69. The molecule has 0 amide bonds. The van der Waals surface area contributed by atoms with Gasteiger partial charge in [-0.05, 0) is 24.3 Å². The maximum absolute atomic E-state index is 11.7. The Morgan fingerprint density at radius 3 is 2.82 bits per heavy atom. The van der Waals surface area contributed by atoms with E-state index in [0.717, 1.165) is 13.1 Å². The van der Waals surface area contributed by atoms with Gasteiger partial charge in [0.2, 0.25) is 5.89 Å². The lowest BCUT2D eigenvalue weighted by atomic mass is 10.1. The van der Waals surface area contributed by atoms with E-state index in [1.54, 1.807) is 31.5 Å². The number of anilines is 1. The van der Waals surface area contributed by atoms with Crippen LogP contribution in [0.25, 0.3) is 10.9 Å². The van der Waals surface area contributed by atoms with Crippen molar-refractivity contribution in [2.45, 2.75) is 13.2 Å². The minimum atomic E-state index is -0.318. The molecule has 1 aliphatic heterocycles. The molecular weight excluding hydrogens is 364 g/mol. The summed E-state index contributed by atoms with van der Waals surface area (Å²) >= 11 is 0. The van der Waals surface area contributed by atoms with Crippen molar-refractivity contribution in [1.82, 2.24) is 20.0 Å². The zero-order valence-corrected chi connectivity index (χ0v) is 15.4. The first kappa shape index (κ1) is 18.3. The lowest BCUT2D eigenvalue weighted by molar-refractivity contribution is -0.382. The molecule has 1 saturated heterocycles. The van der Waals surface area contributed by atoms with Gasteiger partial charge in [0.15, 0.2) is 5.82 Å². The summed E-state index contributed by atoms with van der Waals surface area (Å²) in [5, 5.41) is 16.2. The van der Waals surface area contributed by atoms with Crippen LogP contribution in [0.4, 0.5) is 11.4 Å². The molecular formula is C18H20N6O4. The van der Waals surface area contributed by atoms with Crippen molar-refractivity contribution in [3.8, 4) is 0 Å². The molecule has 0 spiro atoms. The second-order valence-electron chi connectivity index (χ2n) is 6.56. The van der Waals surface area contributed by atoms with Crippen LogP contribution in [0.15, 0.2) is 35.0 Å². The molecule has 0 N–H and O–H groups in total. The van der Waals surface area contributed by atoms with Gasteiger partial charge in [0.1, 0.15) is 12.3 Å². The van der Waals surface area contributed by atoms with E-state index >= 15 is 0 Å². The number of fused-ring (bicyclic) bond motifs is 1. The number of benzene rings is 1. The number of pyridine rings is 1. The number of nitro benzene ring substituents is 1. The zero-order chi connectivity index (χ0) is 19.5. The van der Waals surface area contributed by atoms with Gasteiger partial charge in [-0.3, -0.25) is 20.0 Å². The van der Waals surface area contributed by atoms with E-state index in [1.165, 1.54) is 0 Å². The van der Waals surface area contributed by atoms with E-state index in [1.807, 2.05) is 11.0 Å². The molecule has 1 aliphatic rings. The van der Waals surface area contributed by atoms with Crippen LogP contribution in [-0.4, -0.2) is 58.2 Å². The predicted octanol–water partition coefficient (Wildman–Crippen LogP) is 1.99. The number of hydrogen-bond acceptors (Lipinski definition) is 9. The van der Waals surface area contributed by atoms with Crippen molar-refractivity contribution in [2.24, 2.45) is 0 Å². The third-order valence-electron chi connectivity index (χ3n) is 4.77. The fourth-order valence-corrected chi connectivity index (χ4v) is 3.45. The number of methoxy groups -OCH3 is 1. The molecule has 3 aromatic rings. The molecule has 146 valence electrons. The van der Waals surface area contributed by atoms with Crippen molar-refractivity contribution < 1.29 is 14.2 Å². The van der Waals surface area contributed by atoms with Crippen LogP contribution >= 0.6 is 0 Å². The highest BCUT2D eigenvalue weighted by Gasteiger charge is 2.26. The van der Waals surface area contributed by atoms with Gasteiger partial charge >= 0.3 is 5.69 Å². The highest BCUT2D eigenvalue weighted by atomic mass is 16.6. The van der Waals surface area contributed by atoms with E-state index in [9.17, 15) is 10.1 Å². The minimum Gasteiger partial charge on any atom is -0.377 e. The Balaban J connectivity index is 1.47. The van der Waals surface area contributed by atoms with Gasteiger partial charge in [0.05, 0.1) is 22.4 Å². The highest BCUT2D eigenvalue weighted by Crippen LogP contribution is 2.35. The standard InChI is InChI=1S/C18H20N6O4/c1-27-12-16-20-17(28-21-16)11-22-7-9-23(10-8-22)15-5-4-14-13(3-2-6-19-14)18(15)24(25)26/h2-6H,7-12H2,1H3. The third kappa shape index (κ3) is 3.64. The van der Waals surface area contributed by atoms with Crippen molar-refractivity contribution in [3.63, 3.8) is 0 Å². The van der Waals surface area contributed by atoms with Gasteiger partial charge in [0, 0.05) is 39.5 Å². The molecule has 1 fully saturated rings. The molecule has 10 nitrogen and oxygen atoms in total. The maximum Gasteiger partial charge on any atom is 0.301 e. The van der Waals surface area contributed by atoms with Crippen LogP contribution in [0, 0.1) is 10.1 Å². The Morgan fingerprint density at radius 1 is 1.25 bits per heavy atom. The number of rotatable bonds is 6. The molecule has 1 aromatic carbocycles. The van der Waals surface area contributed by atoms with E-state index < -0.39 is 0 Å². The van der Waals surface area contributed by atoms with Crippen molar-refractivity contribution in [2.75, 3.05) is 38.2 Å². The molecule has 2 aromatic heterocycles. The van der Waals surface area contributed by atoms with E-state index in [2.05, 4.69) is 20.0 Å². The lowest BCUT2D eigenvalue weighted by Crippen LogP contribution is -2.46. The van der Waals surface area contributed by atoms with Crippen molar-refractivity contribution >= 4 is 22.3 Å². The molecule has 0 atom stereocenters. The van der Waals surface area contributed by atoms with Gasteiger partial charge in [-0.15, -0.1) is 0 Å². The number of piperazine rings is 1. The summed E-state index contributed by atoms with van der Waals surface area (Å²) in [6.07, 6.45) is 1.64. The Labute approximate surface area is 160 Å². The Bertz CT molecular complexity index is 983. The summed E-state index contributed by atoms with van der Waals surface area (Å²) in [6, 6.07) is 7.09. The van der Waals surface area contributed by atoms with Crippen LogP contribution in [0.1, 0.15) is 11.7 Å². The first-order chi connectivity index (χ1) is 13.7. The van der Waals surface area contributed by atoms with E-state index in [0.29, 0.717) is 54.5 Å². The smallest absolute Gasteiger partial charge is 0.301 e. The summed E-state index contributed by atoms with van der Waals surface area (Å²) in [4.78, 5) is 24.2. The van der Waals surface area contributed by atoms with Crippen LogP contribution < -0.4 is 4.90 Å². The molecule has 10 heteroatoms. The predicted molar refractivity (Wildman–Crippen MR) is 101 cm³/mol. The first-order valence-electron chi connectivity index (χ1n) is 8.95. The largest absolute Gasteiger partial charge is 0.377 e. The molecule has 0 unspecified atom stereocenters. The number of nitro groups is 1. The number of nitrogens with zero attached hydrogens (tertiary/aromatic N) is 6. The van der Waals surface area contributed by atoms with Crippen molar-refractivity contribution in [1.29, 1.82) is 0 Å². The normalized spacial score (nSPS) is 15.2. The summed E-state index contributed by atoms with van der Waals surface area (Å²) < 4.78 is 10.2. The second-order valence-corrected chi connectivity index (χ2v) is 6.56. The average molecular weight is 384 g/mol. The average Bonchev–Trinajstić information content (AvgIpc) is 3.15. The fraction of sp³-hybridized carbons (Fsp3) is 0.389. The minimum absolute atomic E-state index is 0.111. The summed E-state index contributed by atoms with van der Waals surface area (Å²) in [5.41, 5.74) is 1.37. The fourth-order valence-electron chi connectivity index (χ4n) is 3.45. The third-order valence-corrected chi connectivity index (χ3v) is 4.77. The molecule has 3 heterocycles. The summed E-state index contributed by atoms with van der Waals surface area (Å²) in [5.74, 6) is 1.07. The number of hydrogen-bond donors (Lipinski definition) is 0. The Kier molecular flexibility index (Phi) is 5.13. The van der Waals surface area contributed by atoms with E-state index in [-0.39, 0.29) is 10.6 Å². The maximum atomic E-state index is 11.7. The van der Waals surface area contributed by atoms with Crippen LogP contribution in [0.5, 0.6) is 0 Å². The molecule has 0 bridgehead atoms. The second kappa shape index (κ2) is 7.87. The monoisotopic (exact) mass is 384 g/mol. The lowest BCUT2D eigenvalue weighted by Gasteiger charge is -2.35. The summed E-state index contributed by atoms with van der Waals surface area (Å²) in [7, 11) is 1.58. The Hall–Kier alpha value is -3.11. The molecule has 0 radical (unpaired) electrons. The van der Waals surface area contributed by atoms with E-state index in [4.69, 9.17) is 9.26 Å². The number of ether oxygens (including phenoxy) is 1. The zero-order valence-electron chi connectivity index (χ0n) is 15.4. The van der Waals surface area contributed by atoms with Gasteiger partial charge in [-0.2, -0.15) is 4.98 Å². The topological polar surface area (TPSA) is 111 Å². The SMILES string of the molecule is COCc1noc(CN2CCN(c3ccc4ncccc4c3[N+](=O)[O-])CC2)n1. The van der Waals surface area contributed by atoms with Gasteiger partial charge in [-0.25, -0.2) is 0 Å². The van der Waals surface area contributed by atoms with Crippen LogP contribution in [0.2, 0.25) is 0 Å². The molecule has 28 heavy (non-hydrogen) atoms.